The molecule has 7 aromatic heterocycles. The first-order valence-electron chi connectivity index (χ1n) is 37.4. The Morgan fingerprint density at radius 1 is 0.324 bits per heavy atom. The fraction of sp³-hybridized carbons (Fsp3) is 0.521. The van der Waals surface area contributed by atoms with Gasteiger partial charge in [-0.15, -0.1) is 0 Å². The maximum atomic E-state index is 13.3. The SMILES string of the molecule is C.C.C.CC(C)(C)c1ccc(C(F)(F)F)cn1.CC(C)(C)c1cnc(C2CC2)cn1.Cc1cc(F)cc(C(C)(C)C)c1.Cc1cc(F)cc(C(C)(C)C)c1.Cc1cccc(C(C)(C)C)n1.Cc1cccnc1C(C)(C)C.Cc1ccnc(C(C)(C)C)c1.Cc1cnc(C(C)(C)C)c(Cl)c1.Cc1cnc(C(C)(C)C)c(F)c1. The lowest BCUT2D eigenvalue weighted by atomic mass is 9.86. The number of nitrogens with zero attached hydrogens (tertiary/aromatic N) is 8. The van der Waals surface area contributed by atoms with Gasteiger partial charge in [0.15, 0.2) is 0 Å². The van der Waals surface area contributed by atoms with Gasteiger partial charge < -0.3 is 0 Å². The number of halogens is 7. The minimum Gasteiger partial charge on any atom is -0.261 e. The van der Waals surface area contributed by atoms with Crippen LogP contribution in [0.5, 0.6) is 0 Å². The van der Waals surface area contributed by atoms with Crippen LogP contribution in [0, 0.1) is 65.9 Å². The van der Waals surface area contributed by atoms with E-state index in [1.165, 1.54) is 47.5 Å². The second-order valence-electron chi connectivity index (χ2n) is 37.6. The van der Waals surface area contributed by atoms with Crippen LogP contribution in [0.3, 0.4) is 0 Å². The van der Waals surface area contributed by atoms with Gasteiger partial charge in [-0.2, -0.15) is 13.2 Å². The molecule has 0 atom stereocenters. The smallest absolute Gasteiger partial charge is 0.261 e. The summed E-state index contributed by atoms with van der Waals surface area (Å²) in [7, 11) is 0. The Hall–Kier alpha value is -7.71. The van der Waals surface area contributed by atoms with Crippen LogP contribution >= 0.6 is 11.6 Å². The molecule has 0 saturated heterocycles. The molecule has 0 N–H and O–H groups in total. The normalized spacial score (nSPS) is 12.2. The number of hydrogen-bond acceptors (Lipinski definition) is 8. The third-order valence-corrected chi connectivity index (χ3v) is 16.8. The number of aryl methyl sites for hydroxylation is 7. The first kappa shape index (κ1) is 105. The van der Waals surface area contributed by atoms with Gasteiger partial charge in [-0.3, -0.25) is 39.9 Å². The quantitative estimate of drug-likeness (QED) is 0.150. The molecule has 10 rings (SSSR count). The van der Waals surface area contributed by atoms with E-state index >= 15 is 0 Å². The standard InChI is InChI=1S/2C11H15F.C11H16N2.C10H14ClN.C10H12F3N.C10H14FN.3C10H15N.3CH4/c2*1-8-5-9(11(2,3)4)7-10(12)6-8;1-11(2,3)10-7-12-9(6-13-10)8-4-5-8;1-7-5-8(11)9(12-6-7)10(2,3)4;1-9(2,3)8-5-4-7(6-14-8)10(11,12)13;1-7-5-8(11)9(12-6-7)10(2,3)4;1-8-5-6-11-9(7-8)10(2,3)4;1-8-6-5-7-11-9(8)10(2,3)4;1-8-6-5-7-9(11-8)10(2,3)4;;;/h2*5-7H,1-4H3;6-8H,4-5H2,1-3H3;5-6H,1-4H3;4-6H,1-3H3;5-6H,1-4H3;3*5-7H,1-4H3;3*1H4. The highest BCUT2D eigenvalue weighted by Gasteiger charge is 2.32. The van der Waals surface area contributed by atoms with Crippen molar-refractivity contribution >= 4 is 11.6 Å². The number of hydrogen-bond donors (Lipinski definition) is 0. The molecule has 1 aliphatic rings. The molecule has 0 aliphatic heterocycles. The highest BCUT2D eigenvalue weighted by atomic mass is 35.5. The lowest BCUT2D eigenvalue weighted by molar-refractivity contribution is -0.137. The Balaban J connectivity index is 0. The number of alkyl halides is 3. The van der Waals surface area contributed by atoms with Gasteiger partial charge in [0, 0.05) is 116 Å². The molecule has 7 heterocycles. The van der Waals surface area contributed by atoms with Crippen molar-refractivity contribution in [1.82, 2.24) is 39.9 Å². The van der Waals surface area contributed by atoms with Crippen LogP contribution in [-0.2, 0) is 54.9 Å². The van der Waals surface area contributed by atoms with Gasteiger partial charge in [0.25, 0.3) is 0 Å². The number of pyridine rings is 6. The van der Waals surface area contributed by atoms with E-state index in [2.05, 4.69) is 223 Å². The molecule has 0 radical (unpaired) electrons. The van der Waals surface area contributed by atoms with Crippen molar-refractivity contribution in [3.8, 4) is 0 Å². The van der Waals surface area contributed by atoms with Crippen molar-refractivity contribution in [3.63, 3.8) is 0 Å². The molecule has 1 aliphatic carbocycles. The van der Waals surface area contributed by atoms with Crippen molar-refractivity contribution in [2.24, 2.45) is 0 Å². The molecule has 616 valence electrons. The van der Waals surface area contributed by atoms with E-state index in [1.807, 2.05) is 144 Å². The van der Waals surface area contributed by atoms with Crippen molar-refractivity contribution in [2.45, 2.75) is 331 Å². The van der Waals surface area contributed by atoms with Gasteiger partial charge in [0.1, 0.15) is 17.5 Å². The predicted octanol–water partition coefficient (Wildman–Crippen LogP) is 29.1. The van der Waals surface area contributed by atoms with Crippen LogP contribution < -0.4 is 0 Å². The van der Waals surface area contributed by atoms with E-state index in [1.54, 1.807) is 30.5 Å². The third kappa shape index (κ3) is 40.0. The van der Waals surface area contributed by atoms with Crippen molar-refractivity contribution in [3.05, 3.63) is 270 Å². The topological polar surface area (TPSA) is 103 Å². The van der Waals surface area contributed by atoms with Crippen molar-refractivity contribution in [1.29, 1.82) is 0 Å². The molecule has 8 nitrogen and oxygen atoms in total. The molecule has 0 spiro atoms. The Labute approximate surface area is 675 Å². The average molecular weight is 1560 g/mol. The van der Waals surface area contributed by atoms with Crippen LogP contribution in [0.2, 0.25) is 5.02 Å². The zero-order chi connectivity index (χ0) is 83.3. The van der Waals surface area contributed by atoms with Crippen LogP contribution in [0.1, 0.15) is 329 Å². The Kier molecular flexibility index (Phi) is 41.3. The Morgan fingerprint density at radius 2 is 0.775 bits per heavy atom. The van der Waals surface area contributed by atoms with Gasteiger partial charge >= 0.3 is 6.18 Å². The molecule has 15 heteroatoms. The summed E-state index contributed by atoms with van der Waals surface area (Å²) in [4.78, 5) is 34.2. The van der Waals surface area contributed by atoms with Gasteiger partial charge in [0.2, 0.25) is 0 Å². The van der Waals surface area contributed by atoms with Crippen molar-refractivity contribution in [2.75, 3.05) is 0 Å². The third-order valence-electron chi connectivity index (χ3n) is 16.5. The van der Waals surface area contributed by atoms with E-state index < -0.39 is 11.7 Å². The molecule has 1 saturated carbocycles. The lowest BCUT2D eigenvalue weighted by Gasteiger charge is -2.19. The molecular weight excluding hydrogens is 1410 g/mol. The fourth-order valence-electron chi connectivity index (χ4n) is 10.0. The van der Waals surface area contributed by atoms with Crippen LogP contribution in [-0.4, -0.2) is 39.9 Å². The zero-order valence-electron chi connectivity index (χ0n) is 72.1. The van der Waals surface area contributed by atoms with Gasteiger partial charge in [-0.05, 0) is 196 Å². The molecule has 1 fully saturated rings. The molecule has 2 aromatic carbocycles. The molecule has 0 unspecified atom stereocenters. The van der Waals surface area contributed by atoms with E-state index in [4.69, 9.17) is 11.6 Å². The highest BCUT2D eigenvalue weighted by Crippen LogP contribution is 2.39. The maximum absolute atomic E-state index is 13.3. The number of benzene rings is 2. The minimum atomic E-state index is -4.30. The number of aromatic nitrogens is 8. The zero-order valence-corrected chi connectivity index (χ0v) is 72.8. The van der Waals surface area contributed by atoms with Crippen molar-refractivity contribution < 1.29 is 26.3 Å². The summed E-state index contributed by atoms with van der Waals surface area (Å²) in [5.74, 6) is 0.226. The van der Waals surface area contributed by atoms with E-state index in [0.29, 0.717) is 17.3 Å². The average Bonchev–Trinajstić information content (AvgIpc) is 1.48. The molecule has 111 heavy (non-hydrogen) atoms. The predicted molar refractivity (Wildman–Crippen MR) is 464 cm³/mol. The van der Waals surface area contributed by atoms with E-state index in [-0.39, 0.29) is 88.5 Å². The molecule has 0 amide bonds. The first-order valence-corrected chi connectivity index (χ1v) is 37.7. The Bertz CT molecular complexity index is 3960. The highest BCUT2D eigenvalue weighted by molar-refractivity contribution is 6.31. The van der Waals surface area contributed by atoms with Gasteiger partial charge in [-0.1, -0.05) is 245 Å². The largest absolute Gasteiger partial charge is 0.417 e. The number of rotatable bonds is 1. The summed E-state index contributed by atoms with van der Waals surface area (Å²) in [6, 6.07) is 30.7. The van der Waals surface area contributed by atoms with Gasteiger partial charge in [-0.25, -0.2) is 13.2 Å². The first-order chi connectivity index (χ1) is 48.9. The van der Waals surface area contributed by atoms with Crippen LogP contribution in [0.25, 0.3) is 0 Å². The second-order valence-corrected chi connectivity index (χ2v) is 38.0. The maximum Gasteiger partial charge on any atom is 0.417 e. The van der Waals surface area contributed by atoms with E-state index in [9.17, 15) is 26.3 Å². The molecular formula is C96H143ClF6N8. The summed E-state index contributed by atoms with van der Waals surface area (Å²) < 4.78 is 75.7. The van der Waals surface area contributed by atoms with Crippen LogP contribution in [0.15, 0.2) is 147 Å². The Morgan fingerprint density at radius 3 is 1.09 bits per heavy atom. The summed E-state index contributed by atoms with van der Waals surface area (Å²) in [6.45, 7) is 70.4. The van der Waals surface area contributed by atoms with Gasteiger partial charge in [0.05, 0.1) is 33.4 Å². The summed E-state index contributed by atoms with van der Waals surface area (Å²) in [6.07, 6.45) is 10.3. The summed E-state index contributed by atoms with van der Waals surface area (Å²) >= 11 is 6.05. The summed E-state index contributed by atoms with van der Waals surface area (Å²) in [5, 5.41) is 0.766. The fourth-order valence-corrected chi connectivity index (χ4v) is 10.5. The minimum absolute atomic E-state index is 0. The summed E-state index contributed by atoms with van der Waals surface area (Å²) in [5.41, 5.74) is 17.2. The second kappa shape index (κ2) is 43.5. The van der Waals surface area contributed by atoms with E-state index in [0.717, 1.165) is 79.1 Å². The molecule has 0 bridgehead atoms. The van der Waals surface area contributed by atoms with Crippen LogP contribution in [0.4, 0.5) is 26.3 Å². The lowest BCUT2D eigenvalue weighted by Crippen LogP contribution is -2.15. The molecule has 9 aromatic rings. The monoisotopic (exact) mass is 1560 g/mol.